The number of Topliss-reactive ketones (excluding diaryl/α,β-unsaturated/α-hetero) is 1. The van der Waals surface area contributed by atoms with E-state index in [2.05, 4.69) is 0 Å². The Bertz CT molecular complexity index is 415. The van der Waals surface area contributed by atoms with Gasteiger partial charge in [-0.3, -0.25) is 4.79 Å². The molecule has 0 saturated carbocycles. The molecule has 0 saturated heterocycles. The molecular formula is C14H18F3NO. The van der Waals surface area contributed by atoms with Gasteiger partial charge in [0.1, 0.15) is 0 Å². The van der Waals surface area contributed by atoms with Crippen LogP contribution in [0.5, 0.6) is 0 Å². The summed E-state index contributed by atoms with van der Waals surface area (Å²) in [7, 11) is 0. The number of hydrogen-bond donors (Lipinski definition) is 1. The summed E-state index contributed by atoms with van der Waals surface area (Å²) in [5, 5.41) is 0. The van der Waals surface area contributed by atoms with E-state index in [1.165, 1.54) is 18.2 Å². The fraction of sp³-hybridized carbons (Fsp3) is 0.500. The van der Waals surface area contributed by atoms with Crippen molar-refractivity contribution in [2.45, 2.75) is 38.3 Å². The van der Waals surface area contributed by atoms with E-state index in [1.54, 1.807) is 0 Å². The molecule has 0 aliphatic heterocycles. The second-order valence-corrected chi connectivity index (χ2v) is 4.42. The number of halogens is 3. The van der Waals surface area contributed by atoms with Gasteiger partial charge in [0.05, 0.1) is 5.56 Å². The van der Waals surface area contributed by atoms with Gasteiger partial charge in [0.15, 0.2) is 5.78 Å². The molecule has 5 heteroatoms. The van der Waals surface area contributed by atoms with Gasteiger partial charge in [0.2, 0.25) is 0 Å². The molecule has 0 aliphatic rings. The van der Waals surface area contributed by atoms with Crippen LogP contribution in [-0.4, -0.2) is 12.3 Å². The number of hydrogen-bond acceptors (Lipinski definition) is 2. The second-order valence-electron chi connectivity index (χ2n) is 4.42. The van der Waals surface area contributed by atoms with Crippen molar-refractivity contribution in [1.82, 2.24) is 0 Å². The molecule has 1 aromatic carbocycles. The number of alkyl halides is 3. The first-order valence-electron chi connectivity index (χ1n) is 6.36. The molecule has 1 aromatic rings. The summed E-state index contributed by atoms with van der Waals surface area (Å²) in [5.74, 6) is -0.444. The average molecular weight is 273 g/mol. The predicted octanol–water partition coefficient (Wildman–Crippen LogP) is 3.80. The van der Waals surface area contributed by atoms with Crippen LogP contribution in [-0.2, 0) is 6.18 Å². The molecule has 0 unspecified atom stereocenters. The van der Waals surface area contributed by atoms with Crippen molar-refractivity contribution < 1.29 is 18.0 Å². The Kier molecular flexibility index (Phi) is 6.02. The lowest BCUT2D eigenvalue weighted by Crippen LogP contribution is -2.12. The number of ketones is 1. The van der Waals surface area contributed by atoms with Crippen molar-refractivity contribution in [3.05, 3.63) is 35.4 Å². The molecule has 0 bridgehead atoms. The first-order valence-corrected chi connectivity index (χ1v) is 6.36. The molecule has 0 fully saturated rings. The fourth-order valence-electron chi connectivity index (χ4n) is 1.89. The van der Waals surface area contributed by atoms with Gasteiger partial charge in [0, 0.05) is 12.0 Å². The summed E-state index contributed by atoms with van der Waals surface area (Å²) in [4.78, 5) is 11.8. The van der Waals surface area contributed by atoms with Gasteiger partial charge in [-0.1, -0.05) is 31.0 Å². The van der Waals surface area contributed by atoms with Crippen LogP contribution in [0, 0.1) is 0 Å². The highest BCUT2D eigenvalue weighted by Gasteiger charge is 2.34. The maximum atomic E-state index is 12.7. The monoisotopic (exact) mass is 273 g/mol. The number of rotatable bonds is 7. The smallest absolute Gasteiger partial charge is 0.330 e. The minimum atomic E-state index is -4.48. The SMILES string of the molecule is NCCCCCCC(=O)c1ccccc1C(F)(F)F. The molecule has 0 radical (unpaired) electrons. The molecule has 2 N–H and O–H groups in total. The molecule has 0 aliphatic carbocycles. The van der Waals surface area contributed by atoms with E-state index in [-0.39, 0.29) is 12.0 Å². The minimum absolute atomic E-state index is 0.150. The molecule has 106 valence electrons. The molecule has 1 rings (SSSR count). The summed E-state index contributed by atoms with van der Waals surface area (Å²) < 4.78 is 38.2. The number of unbranched alkanes of at least 4 members (excludes halogenated alkanes) is 3. The summed E-state index contributed by atoms with van der Waals surface area (Å²) >= 11 is 0. The van der Waals surface area contributed by atoms with E-state index >= 15 is 0 Å². The Hall–Kier alpha value is -1.36. The fourth-order valence-corrected chi connectivity index (χ4v) is 1.89. The quantitative estimate of drug-likeness (QED) is 0.606. The van der Waals surface area contributed by atoms with E-state index in [9.17, 15) is 18.0 Å². The summed E-state index contributed by atoms with van der Waals surface area (Å²) in [6, 6.07) is 4.93. The third kappa shape index (κ3) is 5.03. The molecule has 0 aromatic heterocycles. The normalized spacial score (nSPS) is 11.6. The third-order valence-electron chi connectivity index (χ3n) is 2.89. The van der Waals surface area contributed by atoms with Gasteiger partial charge >= 0.3 is 6.18 Å². The molecule has 0 atom stereocenters. The van der Waals surface area contributed by atoms with Crippen molar-refractivity contribution in [3.8, 4) is 0 Å². The van der Waals surface area contributed by atoms with Crippen molar-refractivity contribution in [2.24, 2.45) is 5.73 Å². The molecule has 0 spiro atoms. The Morgan fingerprint density at radius 2 is 1.68 bits per heavy atom. The zero-order valence-corrected chi connectivity index (χ0v) is 10.7. The van der Waals surface area contributed by atoms with Crippen LogP contribution in [0.4, 0.5) is 13.2 Å². The number of carbonyl (C=O) groups is 1. The van der Waals surface area contributed by atoms with Gasteiger partial charge in [0.25, 0.3) is 0 Å². The topological polar surface area (TPSA) is 43.1 Å². The van der Waals surface area contributed by atoms with Crippen LogP contribution in [0.1, 0.15) is 48.0 Å². The molecule has 0 amide bonds. The van der Waals surface area contributed by atoms with E-state index in [4.69, 9.17) is 5.73 Å². The highest BCUT2D eigenvalue weighted by Crippen LogP contribution is 2.32. The standard InChI is InChI=1S/C14H18F3NO/c15-14(16,17)12-8-5-4-7-11(12)13(19)9-3-1-2-6-10-18/h4-5,7-8H,1-3,6,9-10,18H2. The average Bonchev–Trinajstić information content (AvgIpc) is 2.37. The van der Waals surface area contributed by atoms with Gasteiger partial charge in [-0.25, -0.2) is 0 Å². The Morgan fingerprint density at radius 3 is 2.32 bits per heavy atom. The maximum Gasteiger partial charge on any atom is 0.417 e. The zero-order valence-electron chi connectivity index (χ0n) is 10.7. The highest BCUT2D eigenvalue weighted by molar-refractivity contribution is 5.97. The number of benzene rings is 1. The zero-order chi connectivity index (χ0) is 14.3. The summed E-state index contributed by atoms with van der Waals surface area (Å²) in [6.07, 6.45) is -1.12. The Morgan fingerprint density at radius 1 is 1.05 bits per heavy atom. The van der Waals surface area contributed by atoms with Gasteiger partial charge in [-0.05, 0) is 25.5 Å². The van der Waals surface area contributed by atoms with Gasteiger partial charge in [-0.15, -0.1) is 0 Å². The second kappa shape index (κ2) is 7.28. The van der Waals surface area contributed by atoms with Crippen molar-refractivity contribution in [2.75, 3.05) is 6.54 Å². The van der Waals surface area contributed by atoms with Gasteiger partial charge < -0.3 is 5.73 Å². The third-order valence-corrected chi connectivity index (χ3v) is 2.89. The summed E-state index contributed by atoms with van der Waals surface area (Å²) in [5.41, 5.74) is 4.26. The van der Waals surface area contributed by atoms with Crippen LogP contribution < -0.4 is 5.73 Å². The van der Waals surface area contributed by atoms with Gasteiger partial charge in [-0.2, -0.15) is 13.2 Å². The Labute approximate surface area is 110 Å². The maximum absolute atomic E-state index is 12.7. The molecule has 19 heavy (non-hydrogen) atoms. The predicted molar refractivity (Wildman–Crippen MR) is 67.9 cm³/mol. The molecule has 2 nitrogen and oxygen atoms in total. The van der Waals surface area contributed by atoms with Crippen LogP contribution in [0.25, 0.3) is 0 Å². The summed E-state index contributed by atoms with van der Waals surface area (Å²) in [6.45, 7) is 0.602. The van der Waals surface area contributed by atoms with E-state index < -0.39 is 17.5 Å². The lowest BCUT2D eigenvalue weighted by molar-refractivity contribution is -0.137. The first kappa shape index (κ1) is 15.7. The number of nitrogens with two attached hydrogens (primary N) is 1. The number of carbonyl (C=O) groups excluding carboxylic acids is 1. The van der Waals surface area contributed by atoms with Crippen LogP contribution in [0.15, 0.2) is 24.3 Å². The van der Waals surface area contributed by atoms with Crippen LogP contribution >= 0.6 is 0 Å². The van der Waals surface area contributed by atoms with Crippen molar-refractivity contribution in [3.63, 3.8) is 0 Å². The lowest BCUT2D eigenvalue weighted by atomic mass is 9.99. The minimum Gasteiger partial charge on any atom is -0.330 e. The van der Waals surface area contributed by atoms with E-state index in [0.717, 1.165) is 25.3 Å². The first-order chi connectivity index (χ1) is 8.96. The molecular weight excluding hydrogens is 255 g/mol. The van der Waals surface area contributed by atoms with E-state index in [0.29, 0.717) is 13.0 Å². The molecule has 0 heterocycles. The van der Waals surface area contributed by atoms with E-state index in [1.807, 2.05) is 0 Å². The lowest BCUT2D eigenvalue weighted by Gasteiger charge is -2.11. The largest absolute Gasteiger partial charge is 0.417 e. The Balaban J connectivity index is 2.62. The van der Waals surface area contributed by atoms with Crippen LogP contribution in [0.2, 0.25) is 0 Å². The van der Waals surface area contributed by atoms with Crippen LogP contribution in [0.3, 0.4) is 0 Å². The highest BCUT2D eigenvalue weighted by atomic mass is 19.4. The van der Waals surface area contributed by atoms with Crippen molar-refractivity contribution in [1.29, 1.82) is 0 Å². The van der Waals surface area contributed by atoms with Crippen molar-refractivity contribution >= 4 is 5.78 Å².